The first kappa shape index (κ1) is 15.3. The number of hydrogen-bond donors (Lipinski definition) is 2. The van der Waals surface area contributed by atoms with Gasteiger partial charge in [-0.1, -0.05) is 44.2 Å². The standard InChI is InChI=1S/C17H24N4/c1-3-11-19-17-20-13-10-16(21-17)18-12-9-14(2)15-7-5-4-6-8-15/h4-8,10,13-14H,3,9,11-12H2,1-2H3,(H2,18,19,20,21). The molecule has 112 valence electrons. The number of nitrogens with one attached hydrogen (secondary N) is 2. The van der Waals surface area contributed by atoms with Crippen molar-refractivity contribution in [2.75, 3.05) is 23.7 Å². The smallest absolute Gasteiger partial charge is 0.224 e. The van der Waals surface area contributed by atoms with Gasteiger partial charge in [-0.2, -0.15) is 4.98 Å². The molecular formula is C17H24N4. The number of rotatable bonds is 8. The minimum absolute atomic E-state index is 0.540. The van der Waals surface area contributed by atoms with E-state index in [1.807, 2.05) is 6.07 Å². The van der Waals surface area contributed by atoms with E-state index in [0.29, 0.717) is 11.9 Å². The maximum absolute atomic E-state index is 4.45. The molecule has 1 heterocycles. The molecule has 4 heteroatoms. The van der Waals surface area contributed by atoms with Crippen molar-refractivity contribution in [1.29, 1.82) is 0 Å². The van der Waals surface area contributed by atoms with E-state index in [1.54, 1.807) is 6.20 Å². The first-order valence-electron chi connectivity index (χ1n) is 7.65. The van der Waals surface area contributed by atoms with Crippen LogP contribution in [0.3, 0.4) is 0 Å². The van der Waals surface area contributed by atoms with Crippen molar-refractivity contribution in [2.45, 2.75) is 32.6 Å². The van der Waals surface area contributed by atoms with Gasteiger partial charge < -0.3 is 10.6 Å². The first-order chi connectivity index (χ1) is 10.3. The van der Waals surface area contributed by atoms with Crippen LogP contribution in [0.25, 0.3) is 0 Å². The molecule has 0 saturated heterocycles. The normalized spacial score (nSPS) is 11.9. The molecule has 2 N–H and O–H groups in total. The molecule has 2 rings (SSSR count). The molecule has 0 bridgehead atoms. The predicted molar refractivity (Wildman–Crippen MR) is 88.8 cm³/mol. The molecule has 0 aliphatic heterocycles. The maximum atomic E-state index is 4.45. The molecule has 1 aromatic heterocycles. The zero-order valence-electron chi connectivity index (χ0n) is 12.8. The van der Waals surface area contributed by atoms with Gasteiger partial charge in [0.1, 0.15) is 5.82 Å². The summed E-state index contributed by atoms with van der Waals surface area (Å²) in [7, 11) is 0. The molecule has 0 saturated carbocycles. The third kappa shape index (κ3) is 5.06. The Kier molecular flexibility index (Phi) is 6.00. The van der Waals surface area contributed by atoms with Crippen LogP contribution in [0.5, 0.6) is 0 Å². The molecule has 0 fully saturated rings. The van der Waals surface area contributed by atoms with Crippen LogP contribution >= 0.6 is 0 Å². The van der Waals surface area contributed by atoms with Crippen molar-refractivity contribution in [3.63, 3.8) is 0 Å². The summed E-state index contributed by atoms with van der Waals surface area (Å²) in [5, 5.41) is 6.57. The van der Waals surface area contributed by atoms with Gasteiger partial charge in [0.25, 0.3) is 0 Å². The second-order valence-corrected chi connectivity index (χ2v) is 5.22. The van der Waals surface area contributed by atoms with E-state index in [4.69, 9.17) is 0 Å². The van der Waals surface area contributed by atoms with Gasteiger partial charge in [0.05, 0.1) is 0 Å². The summed E-state index contributed by atoms with van der Waals surface area (Å²) in [6, 6.07) is 12.5. The minimum atomic E-state index is 0.540. The van der Waals surface area contributed by atoms with E-state index in [-0.39, 0.29) is 0 Å². The van der Waals surface area contributed by atoms with Crippen LogP contribution in [0.15, 0.2) is 42.6 Å². The molecule has 2 aromatic rings. The van der Waals surface area contributed by atoms with Crippen LogP contribution in [0.4, 0.5) is 11.8 Å². The summed E-state index contributed by atoms with van der Waals surface area (Å²) in [4.78, 5) is 8.65. The lowest BCUT2D eigenvalue weighted by molar-refractivity contribution is 0.704. The molecule has 0 aliphatic rings. The Morgan fingerprint density at radius 1 is 1.05 bits per heavy atom. The van der Waals surface area contributed by atoms with Gasteiger partial charge in [-0.15, -0.1) is 0 Å². The molecular weight excluding hydrogens is 260 g/mol. The average Bonchev–Trinajstić information content (AvgIpc) is 2.54. The SMILES string of the molecule is CCCNc1nccc(NCCC(C)c2ccccc2)n1. The molecule has 1 atom stereocenters. The summed E-state index contributed by atoms with van der Waals surface area (Å²) < 4.78 is 0. The second-order valence-electron chi connectivity index (χ2n) is 5.22. The van der Waals surface area contributed by atoms with Crippen LogP contribution in [0, 0.1) is 0 Å². The zero-order valence-corrected chi connectivity index (χ0v) is 12.8. The number of hydrogen-bond acceptors (Lipinski definition) is 4. The first-order valence-corrected chi connectivity index (χ1v) is 7.65. The summed E-state index contributed by atoms with van der Waals surface area (Å²) >= 11 is 0. The Bertz CT molecular complexity index is 527. The molecule has 1 aromatic carbocycles. The van der Waals surface area contributed by atoms with Crippen LogP contribution in [-0.4, -0.2) is 23.1 Å². The van der Waals surface area contributed by atoms with Crippen molar-refractivity contribution in [3.8, 4) is 0 Å². The van der Waals surface area contributed by atoms with Gasteiger partial charge in [-0.3, -0.25) is 0 Å². The van der Waals surface area contributed by atoms with Crippen LogP contribution in [0.2, 0.25) is 0 Å². The topological polar surface area (TPSA) is 49.8 Å². The molecule has 4 nitrogen and oxygen atoms in total. The summed E-state index contributed by atoms with van der Waals surface area (Å²) in [6.45, 7) is 6.18. The van der Waals surface area contributed by atoms with E-state index >= 15 is 0 Å². The van der Waals surface area contributed by atoms with Crippen LogP contribution in [0.1, 0.15) is 38.2 Å². The molecule has 0 aliphatic carbocycles. The molecule has 21 heavy (non-hydrogen) atoms. The second kappa shape index (κ2) is 8.25. The van der Waals surface area contributed by atoms with E-state index in [0.717, 1.165) is 31.7 Å². The Morgan fingerprint density at radius 3 is 2.62 bits per heavy atom. The maximum Gasteiger partial charge on any atom is 0.224 e. The Balaban J connectivity index is 1.80. The van der Waals surface area contributed by atoms with Crippen molar-refractivity contribution in [3.05, 3.63) is 48.2 Å². The quantitative estimate of drug-likeness (QED) is 0.772. The highest BCUT2D eigenvalue weighted by molar-refractivity contribution is 5.39. The summed E-state index contributed by atoms with van der Waals surface area (Å²) in [5.41, 5.74) is 1.38. The lowest BCUT2D eigenvalue weighted by atomic mass is 9.98. The van der Waals surface area contributed by atoms with Crippen molar-refractivity contribution >= 4 is 11.8 Å². The number of benzene rings is 1. The van der Waals surface area contributed by atoms with Crippen LogP contribution in [-0.2, 0) is 0 Å². The third-order valence-electron chi connectivity index (χ3n) is 3.44. The summed E-state index contributed by atoms with van der Waals surface area (Å²) in [6.07, 6.45) is 3.93. The number of aromatic nitrogens is 2. The fourth-order valence-electron chi connectivity index (χ4n) is 2.14. The Morgan fingerprint density at radius 2 is 1.86 bits per heavy atom. The minimum Gasteiger partial charge on any atom is -0.370 e. The van der Waals surface area contributed by atoms with Crippen LogP contribution < -0.4 is 10.6 Å². The van der Waals surface area contributed by atoms with Crippen molar-refractivity contribution in [1.82, 2.24) is 9.97 Å². The van der Waals surface area contributed by atoms with Gasteiger partial charge >= 0.3 is 0 Å². The summed E-state index contributed by atoms with van der Waals surface area (Å²) in [5.74, 6) is 2.11. The monoisotopic (exact) mass is 284 g/mol. The Hall–Kier alpha value is -2.10. The van der Waals surface area contributed by atoms with E-state index < -0.39 is 0 Å². The Labute approximate surface area is 127 Å². The number of anilines is 2. The third-order valence-corrected chi connectivity index (χ3v) is 3.44. The highest BCUT2D eigenvalue weighted by atomic mass is 15.1. The van der Waals surface area contributed by atoms with E-state index in [9.17, 15) is 0 Å². The van der Waals surface area contributed by atoms with Gasteiger partial charge in [0, 0.05) is 19.3 Å². The van der Waals surface area contributed by atoms with Gasteiger partial charge in [-0.25, -0.2) is 4.98 Å². The average molecular weight is 284 g/mol. The largest absolute Gasteiger partial charge is 0.370 e. The molecule has 0 amide bonds. The molecule has 0 spiro atoms. The van der Waals surface area contributed by atoms with Crippen molar-refractivity contribution in [2.24, 2.45) is 0 Å². The van der Waals surface area contributed by atoms with E-state index in [1.165, 1.54) is 5.56 Å². The lowest BCUT2D eigenvalue weighted by Crippen LogP contribution is -2.09. The molecule has 0 radical (unpaired) electrons. The van der Waals surface area contributed by atoms with Gasteiger partial charge in [0.2, 0.25) is 5.95 Å². The predicted octanol–water partition coefficient (Wildman–Crippen LogP) is 3.90. The van der Waals surface area contributed by atoms with Gasteiger partial charge in [-0.05, 0) is 30.4 Å². The molecule has 1 unspecified atom stereocenters. The highest BCUT2D eigenvalue weighted by Crippen LogP contribution is 2.18. The highest BCUT2D eigenvalue weighted by Gasteiger charge is 2.05. The number of nitrogens with zero attached hydrogens (tertiary/aromatic N) is 2. The van der Waals surface area contributed by atoms with Crippen molar-refractivity contribution < 1.29 is 0 Å². The zero-order chi connectivity index (χ0) is 14.9. The van der Waals surface area contributed by atoms with E-state index in [2.05, 4.69) is 64.8 Å². The fourth-order valence-corrected chi connectivity index (χ4v) is 2.14. The lowest BCUT2D eigenvalue weighted by Gasteiger charge is -2.13. The van der Waals surface area contributed by atoms with Gasteiger partial charge in [0.15, 0.2) is 0 Å². The fraction of sp³-hybridized carbons (Fsp3) is 0.412.